The fourth-order valence-corrected chi connectivity index (χ4v) is 5.29. The molecule has 0 radical (unpaired) electrons. The average Bonchev–Trinajstić information content (AvgIpc) is 2.91. The second kappa shape index (κ2) is 10.6. The van der Waals surface area contributed by atoms with Crippen molar-refractivity contribution in [1.82, 2.24) is 14.9 Å². The van der Waals surface area contributed by atoms with Crippen molar-refractivity contribution in [2.24, 2.45) is 5.92 Å². The number of carbonyl (C=O) groups excluding carboxylic acids is 2. The Morgan fingerprint density at radius 2 is 1.86 bits per heavy atom. The number of halogens is 1. The molecule has 1 saturated carbocycles. The van der Waals surface area contributed by atoms with E-state index in [0.717, 1.165) is 58.0 Å². The van der Waals surface area contributed by atoms with E-state index in [1.165, 1.54) is 12.6 Å². The van der Waals surface area contributed by atoms with E-state index >= 15 is 0 Å². The fraction of sp³-hybridized carbons (Fsp3) is 0.538. The molecule has 1 aromatic carbocycles. The largest absolute Gasteiger partial charge is 0.449 e. The molecule has 2 aliphatic heterocycles. The lowest BCUT2D eigenvalue weighted by Gasteiger charge is -2.34. The third-order valence-electron chi connectivity index (χ3n) is 7.22. The molecular weight excluding hydrogens is 449 g/mol. The van der Waals surface area contributed by atoms with Gasteiger partial charge in [-0.3, -0.25) is 9.69 Å². The number of ether oxygens (including phenoxy) is 1. The Hall–Kier alpha value is -3.23. The molecule has 1 N–H and O–H groups in total. The number of aromatic nitrogens is 2. The standard InChI is InChI=1S/C26H32FN5O3/c27-22-17-28-25(29-20-10-8-18(9-11-20)24(33)31-12-2-1-3-13-31)30-23(22)19-6-4-7-21(16-19)32-14-5-15-35-26(32)34/h4,6-7,16-18,20H,1-3,5,8-15H2,(H,28,29,30). The molecule has 35 heavy (non-hydrogen) atoms. The van der Waals surface area contributed by atoms with Crippen molar-refractivity contribution in [3.8, 4) is 11.3 Å². The first kappa shape index (κ1) is 23.5. The van der Waals surface area contributed by atoms with E-state index in [4.69, 9.17) is 4.74 Å². The predicted molar refractivity (Wildman–Crippen MR) is 131 cm³/mol. The molecule has 8 nitrogen and oxygen atoms in total. The molecular formula is C26H32FN5O3. The summed E-state index contributed by atoms with van der Waals surface area (Å²) in [4.78, 5) is 37.1. The van der Waals surface area contributed by atoms with Crippen LogP contribution in [0.25, 0.3) is 11.3 Å². The van der Waals surface area contributed by atoms with Crippen LogP contribution < -0.4 is 10.2 Å². The molecule has 2 amide bonds. The van der Waals surface area contributed by atoms with Crippen LogP contribution in [0.4, 0.5) is 20.8 Å². The minimum absolute atomic E-state index is 0.0973. The highest BCUT2D eigenvalue weighted by molar-refractivity contribution is 5.89. The first-order valence-electron chi connectivity index (χ1n) is 12.7. The average molecular weight is 482 g/mol. The van der Waals surface area contributed by atoms with Gasteiger partial charge in [0.05, 0.1) is 12.8 Å². The highest BCUT2D eigenvalue weighted by Crippen LogP contribution is 2.30. The number of amides is 2. The third-order valence-corrected chi connectivity index (χ3v) is 7.22. The van der Waals surface area contributed by atoms with Gasteiger partial charge in [-0.05, 0) is 63.5 Å². The smallest absolute Gasteiger partial charge is 0.414 e. The van der Waals surface area contributed by atoms with Gasteiger partial charge in [0.1, 0.15) is 5.69 Å². The van der Waals surface area contributed by atoms with Crippen molar-refractivity contribution in [3.63, 3.8) is 0 Å². The number of cyclic esters (lactones) is 1. The SMILES string of the molecule is O=C(C1CCC(Nc2ncc(F)c(-c3cccc(N4CCCOC4=O)c3)n2)CC1)N1CCCCC1. The minimum atomic E-state index is -0.523. The molecule has 0 atom stereocenters. The predicted octanol–water partition coefficient (Wildman–Crippen LogP) is 4.61. The summed E-state index contributed by atoms with van der Waals surface area (Å²) >= 11 is 0. The van der Waals surface area contributed by atoms with E-state index in [1.54, 1.807) is 29.2 Å². The van der Waals surface area contributed by atoms with E-state index in [9.17, 15) is 14.0 Å². The van der Waals surface area contributed by atoms with Crippen molar-refractivity contribution < 1.29 is 18.7 Å². The number of nitrogens with one attached hydrogen (secondary N) is 1. The lowest BCUT2D eigenvalue weighted by molar-refractivity contribution is -0.137. The summed E-state index contributed by atoms with van der Waals surface area (Å²) in [6, 6.07) is 7.25. The molecule has 3 fully saturated rings. The van der Waals surface area contributed by atoms with Crippen LogP contribution in [0.3, 0.4) is 0 Å². The van der Waals surface area contributed by atoms with Gasteiger partial charge in [0.25, 0.3) is 0 Å². The van der Waals surface area contributed by atoms with Crippen LogP contribution in [0.5, 0.6) is 0 Å². The molecule has 1 aliphatic carbocycles. The summed E-state index contributed by atoms with van der Waals surface area (Å²) in [6.45, 7) is 2.76. The number of carbonyl (C=O) groups is 2. The minimum Gasteiger partial charge on any atom is -0.449 e. The first-order chi connectivity index (χ1) is 17.1. The molecule has 5 rings (SSSR count). The van der Waals surface area contributed by atoms with Crippen molar-refractivity contribution in [1.29, 1.82) is 0 Å². The fourth-order valence-electron chi connectivity index (χ4n) is 5.29. The molecule has 0 bridgehead atoms. The maximum Gasteiger partial charge on any atom is 0.414 e. The Bertz CT molecular complexity index is 1070. The molecule has 3 heterocycles. The van der Waals surface area contributed by atoms with E-state index in [0.29, 0.717) is 36.3 Å². The number of anilines is 2. The Balaban J connectivity index is 1.24. The summed E-state index contributed by atoms with van der Waals surface area (Å²) in [7, 11) is 0. The van der Waals surface area contributed by atoms with Crippen LogP contribution in [0.2, 0.25) is 0 Å². The summed E-state index contributed by atoms with van der Waals surface area (Å²) in [5, 5.41) is 3.34. The number of hydrogen-bond acceptors (Lipinski definition) is 6. The second-order valence-corrected chi connectivity index (χ2v) is 9.64. The Morgan fingerprint density at radius 3 is 2.63 bits per heavy atom. The second-order valence-electron chi connectivity index (χ2n) is 9.64. The van der Waals surface area contributed by atoms with Gasteiger partial charge in [-0.1, -0.05) is 12.1 Å². The van der Waals surface area contributed by atoms with Crippen molar-refractivity contribution >= 4 is 23.6 Å². The Kier molecular flexibility index (Phi) is 7.11. The summed E-state index contributed by atoms with van der Waals surface area (Å²) in [5.74, 6) is 0.251. The first-order valence-corrected chi connectivity index (χ1v) is 12.7. The van der Waals surface area contributed by atoms with Crippen LogP contribution in [0.15, 0.2) is 30.5 Å². The summed E-state index contributed by atoms with van der Waals surface area (Å²) in [6.07, 6.45) is 8.36. The topological polar surface area (TPSA) is 87.7 Å². The third kappa shape index (κ3) is 5.39. The van der Waals surface area contributed by atoms with Gasteiger partial charge in [0, 0.05) is 42.8 Å². The van der Waals surface area contributed by atoms with Gasteiger partial charge in [0.2, 0.25) is 11.9 Å². The zero-order chi connectivity index (χ0) is 24.2. The van der Waals surface area contributed by atoms with Crippen LogP contribution in [0.1, 0.15) is 51.4 Å². The normalized spacial score (nSPS) is 23.1. The maximum absolute atomic E-state index is 14.7. The van der Waals surface area contributed by atoms with E-state index < -0.39 is 11.9 Å². The molecule has 0 unspecified atom stereocenters. The number of benzene rings is 1. The quantitative estimate of drug-likeness (QED) is 0.671. The summed E-state index contributed by atoms with van der Waals surface area (Å²) < 4.78 is 19.8. The van der Waals surface area contributed by atoms with Crippen molar-refractivity contribution in [2.75, 3.05) is 36.5 Å². The van der Waals surface area contributed by atoms with Crippen LogP contribution in [0, 0.1) is 11.7 Å². The molecule has 2 aromatic rings. The number of likely N-dealkylation sites (tertiary alicyclic amines) is 1. The van der Waals surface area contributed by atoms with Gasteiger partial charge in [-0.15, -0.1) is 0 Å². The van der Waals surface area contributed by atoms with Gasteiger partial charge in [-0.2, -0.15) is 0 Å². The lowest BCUT2D eigenvalue weighted by Crippen LogP contribution is -2.41. The molecule has 186 valence electrons. The van der Waals surface area contributed by atoms with Crippen molar-refractivity contribution in [3.05, 3.63) is 36.3 Å². The molecule has 3 aliphatic rings. The molecule has 2 saturated heterocycles. The number of nitrogens with zero attached hydrogens (tertiary/aromatic N) is 4. The van der Waals surface area contributed by atoms with Crippen LogP contribution >= 0.6 is 0 Å². The van der Waals surface area contributed by atoms with Crippen LogP contribution in [-0.2, 0) is 9.53 Å². The van der Waals surface area contributed by atoms with Gasteiger partial charge >= 0.3 is 6.09 Å². The summed E-state index contributed by atoms with van der Waals surface area (Å²) in [5.41, 5.74) is 1.40. The molecule has 9 heteroatoms. The molecule has 0 spiro atoms. The highest BCUT2D eigenvalue weighted by Gasteiger charge is 2.30. The zero-order valence-corrected chi connectivity index (χ0v) is 19.9. The Labute approximate surface area is 204 Å². The lowest BCUT2D eigenvalue weighted by atomic mass is 9.85. The van der Waals surface area contributed by atoms with Gasteiger partial charge < -0.3 is 15.0 Å². The number of piperidine rings is 1. The van der Waals surface area contributed by atoms with Crippen LogP contribution in [-0.4, -0.2) is 59.2 Å². The Morgan fingerprint density at radius 1 is 1.06 bits per heavy atom. The maximum atomic E-state index is 14.7. The molecule has 1 aromatic heterocycles. The highest BCUT2D eigenvalue weighted by atomic mass is 19.1. The van der Waals surface area contributed by atoms with Gasteiger partial charge in [-0.25, -0.2) is 19.2 Å². The van der Waals surface area contributed by atoms with E-state index in [-0.39, 0.29) is 17.7 Å². The van der Waals surface area contributed by atoms with E-state index in [2.05, 4.69) is 15.3 Å². The number of rotatable bonds is 5. The van der Waals surface area contributed by atoms with Gasteiger partial charge in [0.15, 0.2) is 5.82 Å². The zero-order valence-electron chi connectivity index (χ0n) is 19.9. The monoisotopic (exact) mass is 481 g/mol. The van der Waals surface area contributed by atoms with E-state index in [1.807, 2.05) is 4.90 Å². The van der Waals surface area contributed by atoms with Crippen molar-refractivity contribution in [2.45, 2.75) is 57.4 Å². The number of hydrogen-bond donors (Lipinski definition) is 1.